The Hall–Kier alpha value is -3.35. The van der Waals surface area contributed by atoms with Crippen LogP contribution in [0.15, 0.2) is 40.3 Å². The second-order valence-corrected chi connectivity index (χ2v) is 10.8. The number of fused-ring (bicyclic) bond motifs is 3. The molecule has 1 fully saturated rings. The maximum absolute atomic E-state index is 13.5. The summed E-state index contributed by atoms with van der Waals surface area (Å²) >= 11 is 0. The van der Waals surface area contributed by atoms with Crippen LogP contribution in [0.5, 0.6) is 5.75 Å². The van der Waals surface area contributed by atoms with Crippen molar-refractivity contribution in [3.63, 3.8) is 0 Å². The molecule has 3 aromatic heterocycles. The smallest absolute Gasteiger partial charge is 0.282 e. The number of rotatable bonds is 7. The minimum absolute atomic E-state index is 0.127. The van der Waals surface area contributed by atoms with E-state index in [9.17, 15) is 13.2 Å². The lowest BCUT2D eigenvalue weighted by Gasteiger charge is -2.21. The van der Waals surface area contributed by atoms with Gasteiger partial charge in [-0.05, 0) is 45.1 Å². The van der Waals surface area contributed by atoms with E-state index in [1.54, 1.807) is 18.3 Å². The van der Waals surface area contributed by atoms with Gasteiger partial charge in [-0.15, -0.1) is 0 Å². The van der Waals surface area contributed by atoms with Crippen LogP contribution in [-0.2, 0) is 10.0 Å². The molecule has 5 rings (SSSR count). The summed E-state index contributed by atoms with van der Waals surface area (Å²) in [6, 6.07) is 4.87. The summed E-state index contributed by atoms with van der Waals surface area (Å²) in [6.45, 7) is 3.29. The van der Waals surface area contributed by atoms with Crippen molar-refractivity contribution in [3.05, 3.63) is 40.9 Å². The van der Waals surface area contributed by atoms with E-state index in [0.29, 0.717) is 52.9 Å². The highest BCUT2D eigenvalue weighted by atomic mass is 32.2. The fourth-order valence-corrected chi connectivity index (χ4v) is 5.84. The summed E-state index contributed by atoms with van der Waals surface area (Å²) < 4.78 is 34.4. The van der Waals surface area contributed by atoms with Crippen LogP contribution in [0.3, 0.4) is 0 Å². The highest BCUT2D eigenvalue weighted by molar-refractivity contribution is 7.89. The lowest BCUT2D eigenvalue weighted by molar-refractivity contribution is 0.302. The Labute approximate surface area is 202 Å². The van der Waals surface area contributed by atoms with Crippen LogP contribution < -0.4 is 10.3 Å². The lowest BCUT2D eigenvalue weighted by Crippen LogP contribution is -2.34. The Morgan fingerprint density at radius 3 is 2.83 bits per heavy atom. The summed E-state index contributed by atoms with van der Waals surface area (Å²) in [6.07, 6.45) is 4.61. The predicted molar refractivity (Wildman–Crippen MR) is 132 cm³/mol. The number of likely N-dealkylation sites (N-methyl/N-ethyl adjacent to an activating group) is 1. The van der Waals surface area contributed by atoms with E-state index < -0.39 is 15.6 Å². The number of ether oxygens (including phenoxy) is 1. The normalized spacial score (nSPS) is 17.1. The second-order valence-electron chi connectivity index (χ2n) is 8.84. The summed E-state index contributed by atoms with van der Waals surface area (Å²) in [5, 5.41) is 7.78. The van der Waals surface area contributed by atoms with E-state index in [0.717, 1.165) is 12.8 Å². The number of hydrogen-bond donors (Lipinski definition) is 2. The van der Waals surface area contributed by atoms with Gasteiger partial charge in [0.15, 0.2) is 5.65 Å². The van der Waals surface area contributed by atoms with Gasteiger partial charge in [-0.3, -0.25) is 9.89 Å². The van der Waals surface area contributed by atoms with E-state index in [-0.39, 0.29) is 16.8 Å². The first-order valence-electron chi connectivity index (χ1n) is 11.5. The van der Waals surface area contributed by atoms with Gasteiger partial charge in [0.25, 0.3) is 5.56 Å². The zero-order chi connectivity index (χ0) is 24.7. The Morgan fingerprint density at radius 1 is 1.26 bits per heavy atom. The Morgan fingerprint density at radius 2 is 2.09 bits per heavy atom. The maximum atomic E-state index is 13.5. The summed E-state index contributed by atoms with van der Waals surface area (Å²) in [4.78, 5) is 26.6. The van der Waals surface area contributed by atoms with Crippen LogP contribution in [0, 0.1) is 0 Å². The van der Waals surface area contributed by atoms with Gasteiger partial charge < -0.3 is 14.6 Å². The highest BCUT2D eigenvalue weighted by Gasteiger charge is 2.34. The molecular weight excluding hydrogens is 470 g/mol. The van der Waals surface area contributed by atoms with E-state index in [1.165, 1.54) is 16.6 Å². The average Bonchev–Trinajstić information content (AvgIpc) is 3.53. The fourth-order valence-electron chi connectivity index (χ4n) is 4.32. The maximum Gasteiger partial charge on any atom is 0.282 e. The third kappa shape index (κ3) is 4.17. The molecule has 1 atom stereocenters. The molecule has 1 aliphatic rings. The monoisotopic (exact) mass is 497 g/mol. The first-order chi connectivity index (χ1) is 16.8. The van der Waals surface area contributed by atoms with Gasteiger partial charge in [-0.1, -0.05) is 6.92 Å². The molecule has 0 aliphatic carbocycles. The molecule has 0 radical (unpaired) electrons. The zero-order valence-electron chi connectivity index (χ0n) is 19.8. The quantitative estimate of drug-likeness (QED) is 0.395. The van der Waals surface area contributed by atoms with Crippen LogP contribution in [-0.4, -0.2) is 82.6 Å². The molecule has 12 heteroatoms. The van der Waals surface area contributed by atoms with E-state index in [1.807, 2.05) is 25.9 Å². The van der Waals surface area contributed by atoms with Gasteiger partial charge >= 0.3 is 0 Å². The molecule has 1 aromatic carbocycles. The number of pyridine rings is 1. The highest BCUT2D eigenvalue weighted by Crippen LogP contribution is 2.33. The van der Waals surface area contributed by atoms with Gasteiger partial charge in [-0.25, -0.2) is 13.4 Å². The van der Waals surface area contributed by atoms with E-state index >= 15 is 0 Å². The van der Waals surface area contributed by atoms with Crippen molar-refractivity contribution in [2.45, 2.75) is 30.7 Å². The Balaban J connectivity index is 1.64. The van der Waals surface area contributed by atoms with Crippen molar-refractivity contribution in [1.29, 1.82) is 0 Å². The van der Waals surface area contributed by atoms with Gasteiger partial charge in [0, 0.05) is 31.5 Å². The van der Waals surface area contributed by atoms with Crippen LogP contribution >= 0.6 is 0 Å². The largest absolute Gasteiger partial charge is 0.493 e. The van der Waals surface area contributed by atoms with Crippen LogP contribution in [0.2, 0.25) is 0 Å². The third-order valence-corrected chi connectivity index (χ3v) is 8.19. The lowest BCUT2D eigenvalue weighted by atomic mass is 10.1. The first kappa shape index (κ1) is 23.4. The Kier molecular flexibility index (Phi) is 6.03. The molecule has 0 bridgehead atoms. The summed E-state index contributed by atoms with van der Waals surface area (Å²) in [7, 11) is 0.158. The molecule has 0 saturated carbocycles. The van der Waals surface area contributed by atoms with Crippen molar-refractivity contribution in [3.8, 4) is 17.1 Å². The van der Waals surface area contributed by atoms with E-state index in [2.05, 4.69) is 25.1 Å². The predicted octanol–water partition coefficient (Wildman–Crippen LogP) is 1.97. The van der Waals surface area contributed by atoms with Crippen LogP contribution in [0.1, 0.15) is 19.8 Å². The molecule has 4 aromatic rings. The molecular formula is C23H27N7O4S. The van der Waals surface area contributed by atoms with Crippen molar-refractivity contribution in [1.82, 2.24) is 34.4 Å². The van der Waals surface area contributed by atoms with Crippen molar-refractivity contribution in [2.75, 3.05) is 33.8 Å². The number of aromatic nitrogens is 5. The molecule has 1 aliphatic heterocycles. The minimum Gasteiger partial charge on any atom is -0.493 e. The van der Waals surface area contributed by atoms with Gasteiger partial charge in [0.05, 0.1) is 33.4 Å². The Bertz CT molecular complexity index is 1560. The van der Waals surface area contributed by atoms with Crippen molar-refractivity contribution >= 4 is 32.0 Å². The van der Waals surface area contributed by atoms with Gasteiger partial charge in [0.1, 0.15) is 11.6 Å². The number of nitrogens with zero attached hydrogens (tertiary/aromatic N) is 5. The number of benzene rings is 1. The minimum atomic E-state index is -3.74. The van der Waals surface area contributed by atoms with Crippen LogP contribution in [0.25, 0.3) is 33.3 Å². The number of hydrogen-bond acceptors (Lipinski definition) is 8. The molecule has 0 amide bonds. The second kappa shape index (κ2) is 9.02. The fraction of sp³-hybridized carbons (Fsp3) is 0.391. The molecule has 184 valence electrons. The molecule has 35 heavy (non-hydrogen) atoms. The van der Waals surface area contributed by atoms with E-state index in [4.69, 9.17) is 4.74 Å². The molecule has 4 heterocycles. The first-order valence-corrected chi connectivity index (χ1v) is 12.9. The van der Waals surface area contributed by atoms with Crippen molar-refractivity contribution < 1.29 is 13.2 Å². The van der Waals surface area contributed by atoms with Crippen molar-refractivity contribution in [2.24, 2.45) is 0 Å². The summed E-state index contributed by atoms with van der Waals surface area (Å²) in [5.74, 6) is 0.658. The number of nitrogens with one attached hydrogen (secondary N) is 2. The standard InChI is InChI=1S/C23H27N7O4S/c1-4-9-34-19-6-5-15(35(32,33)30-8-7-14(13-30)29(2)3)10-16(19)22-26-20-17-12-25-28-21(17)24-11-18(20)23(31)27-22/h5-6,10-12,14H,4,7-9,13H2,1-3H3,(H,24,25,28)(H,26,27,31)/t14-/m1/s1. The topological polar surface area (TPSA) is 137 Å². The van der Waals surface area contributed by atoms with Gasteiger partial charge in [-0.2, -0.15) is 14.4 Å². The molecule has 0 spiro atoms. The molecule has 0 unspecified atom stereocenters. The van der Waals surface area contributed by atoms with Crippen LogP contribution in [0.4, 0.5) is 0 Å². The number of H-pyrrole nitrogens is 2. The summed E-state index contributed by atoms with van der Waals surface area (Å²) in [5.41, 5.74) is 0.887. The zero-order valence-corrected chi connectivity index (χ0v) is 20.6. The molecule has 2 N–H and O–H groups in total. The third-order valence-electron chi connectivity index (χ3n) is 6.32. The SMILES string of the molecule is CCCOc1ccc(S(=O)(=O)N2CC[C@@H](N(C)C)C2)cc1-c1nc(=O)c2cnc3n[nH]cc3c2[nH]1. The number of sulfonamides is 1. The molecule has 1 saturated heterocycles. The van der Waals surface area contributed by atoms with Gasteiger partial charge in [0.2, 0.25) is 10.0 Å². The molecule has 11 nitrogen and oxygen atoms in total. The average molecular weight is 498 g/mol. The number of aromatic amines is 2.